The van der Waals surface area contributed by atoms with Crippen LogP contribution in [0.5, 0.6) is 0 Å². The molecule has 7 nitrogen and oxygen atoms in total. The maximum Gasteiger partial charge on any atom is 0.418 e. The molecule has 2 N–H and O–H groups in total. The summed E-state index contributed by atoms with van der Waals surface area (Å²) in [6.07, 6.45) is -10.5. The van der Waals surface area contributed by atoms with Gasteiger partial charge in [0.15, 0.2) is 11.9 Å². The number of alkyl halides is 6. The molecule has 0 saturated carbocycles. The molecule has 0 aliphatic heterocycles. The first-order valence-electron chi connectivity index (χ1n) is 11.7. The van der Waals surface area contributed by atoms with Crippen LogP contribution in [0.15, 0.2) is 79.1 Å². The predicted octanol–water partition coefficient (Wildman–Crippen LogP) is 6.49. The molecule has 5 aromatic rings. The predicted molar refractivity (Wildman–Crippen MR) is 132 cm³/mol. The van der Waals surface area contributed by atoms with Crippen molar-refractivity contribution in [2.75, 3.05) is 5.32 Å². The smallest absolute Gasteiger partial charge is 0.379 e. The number of benzene rings is 3. The maximum absolute atomic E-state index is 15.0. The van der Waals surface area contributed by atoms with Gasteiger partial charge < -0.3 is 10.4 Å². The van der Waals surface area contributed by atoms with Crippen LogP contribution < -0.4 is 5.32 Å². The molecule has 5 rings (SSSR count). The second-order valence-corrected chi connectivity index (χ2v) is 8.72. The van der Waals surface area contributed by atoms with Gasteiger partial charge in [-0.1, -0.05) is 24.3 Å². The number of nitrogens with one attached hydrogen (secondary N) is 1. The van der Waals surface area contributed by atoms with Crippen molar-refractivity contribution in [2.24, 2.45) is 0 Å². The molecule has 0 saturated heterocycles. The van der Waals surface area contributed by atoms with Gasteiger partial charge in [0.1, 0.15) is 11.6 Å². The van der Waals surface area contributed by atoms with Crippen LogP contribution in [0.4, 0.5) is 36.6 Å². The van der Waals surface area contributed by atoms with E-state index in [-0.39, 0.29) is 22.8 Å². The number of aliphatic hydroxyl groups excluding tert-OH is 1. The van der Waals surface area contributed by atoms with Gasteiger partial charge in [0.25, 0.3) is 5.91 Å². The number of para-hydroxylation sites is 1. The third-order valence-corrected chi connectivity index (χ3v) is 6.02. The molecule has 2 aromatic heterocycles. The van der Waals surface area contributed by atoms with Crippen molar-refractivity contribution in [3.8, 4) is 17.1 Å². The van der Waals surface area contributed by atoms with Crippen molar-refractivity contribution < 1.29 is 40.6 Å². The summed E-state index contributed by atoms with van der Waals surface area (Å²) in [5.41, 5.74) is -3.00. The van der Waals surface area contributed by atoms with E-state index in [9.17, 15) is 36.2 Å². The van der Waals surface area contributed by atoms with Crippen LogP contribution in [0.1, 0.15) is 27.6 Å². The molecule has 210 valence electrons. The van der Waals surface area contributed by atoms with E-state index >= 15 is 4.39 Å². The number of aliphatic hydroxyl groups is 1. The van der Waals surface area contributed by atoms with Crippen LogP contribution in [0.3, 0.4) is 0 Å². The summed E-state index contributed by atoms with van der Waals surface area (Å²) in [7, 11) is 0. The zero-order valence-electron chi connectivity index (χ0n) is 20.4. The fourth-order valence-electron chi connectivity index (χ4n) is 4.12. The number of anilines is 1. The lowest BCUT2D eigenvalue weighted by Crippen LogP contribution is -2.20. The number of halogens is 7. The van der Waals surface area contributed by atoms with E-state index in [1.54, 1.807) is 30.3 Å². The lowest BCUT2D eigenvalue weighted by molar-refractivity contribution is -0.206. The summed E-state index contributed by atoms with van der Waals surface area (Å²) < 4.78 is 96.9. The third kappa shape index (κ3) is 5.45. The second kappa shape index (κ2) is 10.3. The van der Waals surface area contributed by atoms with Crippen LogP contribution >= 0.6 is 0 Å². The Bertz CT molecular complexity index is 1740. The summed E-state index contributed by atoms with van der Waals surface area (Å²) in [6, 6.07) is 13.4. The van der Waals surface area contributed by atoms with Crippen molar-refractivity contribution in [3.05, 3.63) is 102 Å². The fourth-order valence-corrected chi connectivity index (χ4v) is 4.12. The van der Waals surface area contributed by atoms with E-state index in [0.717, 1.165) is 16.8 Å². The van der Waals surface area contributed by atoms with E-state index in [1.165, 1.54) is 24.5 Å². The van der Waals surface area contributed by atoms with Crippen molar-refractivity contribution in [1.82, 2.24) is 19.7 Å². The molecule has 0 fully saturated rings. The highest BCUT2D eigenvalue weighted by Gasteiger charge is 2.40. The summed E-state index contributed by atoms with van der Waals surface area (Å²) in [6.45, 7) is 0. The van der Waals surface area contributed by atoms with Gasteiger partial charge in [0.2, 0.25) is 0 Å². The Labute approximate surface area is 225 Å². The average molecular weight is 575 g/mol. The Hall–Kier alpha value is -4.85. The summed E-state index contributed by atoms with van der Waals surface area (Å²) >= 11 is 0. The van der Waals surface area contributed by atoms with Crippen LogP contribution in [0, 0.1) is 5.82 Å². The van der Waals surface area contributed by atoms with Gasteiger partial charge in [-0.25, -0.2) is 19.0 Å². The first kappa shape index (κ1) is 27.7. The maximum atomic E-state index is 15.0. The molecule has 0 unspecified atom stereocenters. The monoisotopic (exact) mass is 575 g/mol. The second-order valence-electron chi connectivity index (χ2n) is 8.72. The number of hydrogen-bond donors (Lipinski definition) is 2. The van der Waals surface area contributed by atoms with E-state index < -0.39 is 58.3 Å². The minimum absolute atomic E-state index is 0.0538. The Kier molecular flexibility index (Phi) is 6.95. The number of carbonyl (C=O) groups is 1. The molecule has 41 heavy (non-hydrogen) atoms. The van der Waals surface area contributed by atoms with Crippen LogP contribution in [0.25, 0.3) is 28.0 Å². The summed E-state index contributed by atoms with van der Waals surface area (Å²) in [4.78, 5) is 20.9. The van der Waals surface area contributed by atoms with Crippen molar-refractivity contribution in [2.45, 2.75) is 18.5 Å². The highest BCUT2D eigenvalue weighted by atomic mass is 19.4. The van der Waals surface area contributed by atoms with E-state index in [4.69, 9.17) is 0 Å². The van der Waals surface area contributed by atoms with E-state index in [0.29, 0.717) is 11.8 Å². The topological polar surface area (TPSA) is 92.9 Å². The van der Waals surface area contributed by atoms with Gasteiger partial charge in [-0.2, -0.15) is 31.4 Å². The minimum atomic E-state index is -5.01. The molecular formula is C27H16F7N5O2. The Balaban J connectivity index is 1.65. The number of hydrogen-bond acceptors (Lipinski definition) is 5. The quantitative estimate of drug-likeness (QED) is 0.234. The highest BCUT2D eigenvalue weighted by molar-refractivity contribution is 6.09. The summed E-state index contributed by atoms with van der Waals surface area (Å²) in [5, 5.41) is 16.4. The first-order valence-corrected chi connectivity index (χ1v) is 11.7. The first-order chi connectivity index (χ1) is 19.3. The number of nitrogens with zero attached hydrogens (tertiary/aromatic N) is 4. The van der Waals surface area contributed by atoms with Crippen molar-refractivity contribution >= 4 is 22.6 Å². The molecule has 3 aromatic carbocycles. The van der Waals surface area contributed by atoms with Gasteiger partial charge >= 0.3 is 12.4 Å². The number of carbonyl (C=O) groups excluding carboxylic acids is 1. The third-order valence-electron chi connectivity index (χ3n) is 6.02. The molecule has 0 aliphatic rings. The zero-order valence-corrected chi connectivity index (χ0v) is 20.4. The molecule has 0 radical (unpaired) electrons. The molecular weight excluding hydrogens is 559 g/mol. The van der Waals surface area contributed by atoms with Crippen LogP contribution in [-0.2, 0) is 6.18 Å². The van der Waals surface area contributed by atoms with Crippen LogP contribution in [-0.4, -0.2) is 36.9 Å². The molecule has 2 heterocycles. The van der Waals surface area contributed by atoms with Gasteiger partial charge in [-0.3, -0.25) is 4.79 Å². The molecule has 0 spiro atoms. The van der Waals surface area contributed by atoms with Gasteiger partial charge in [-0.05, 0) is 48.0 Å². The fraction of sp³-hybridized carbons (Fsp3) is 0.111. The highest BCUT2D eigenvalue weighted by Crippen LogP contribution is 2.39. The van der Waals surface area contributed by atoms with E-state index in [1.807, 2.05) is 0 Å². The molecule has 14 heteroatoms. The number of fused-ring (bicyclic) bond motifs is 1. The van der Waals surface area contributed by atoms with Crippen molar-refractivity contribution in [3.63, 3.8) is 0 Å². The molecule has 0 aliphatic carbocycles. The normalized spacial score (nSPS) is 12.9. The SMILES string of the molecule is O=C(Nc1c2cc([C@H](O)C(F)(F)F)ccc2nn1-c1ccccc1)c1cc(-c2ncccn2)c(C(F)(F)F)cc1F. The average Bonchev–Trinajstić information content (AvgIpc) is 3.29. The zero-order chi connectivity index (χ0) is 29.5. The van der Waals surface area contributed by atoms with Gasteiger partial charge in [0, 0.05) is 23.3 Å². The minimum Gasteiger partial charge on any atom is -0.379 e. The van der Waals surface area contributed by atoms with Crippen molar-refractivity contribution in [1.29, 1.82) is 0 Å². The Morgan fingerprint density at radius 2 is 1.59 bits per heavy atom. The number of aromatic nitrogens is 4. The number of rotatable bonds is 5. The molecule has 1 amide bonds. The number of amides is 1. The Morgan fingerprint density at radius 1 is 0.902 bits per heavy atom. The Morgan fingerprint density at radius 3 is 2.22 bits per heavy atom. The van der Waals surface area contributed by atoms with Gasteiger partial charge in [-0.15, -0.1) is 0 Å². The molecule has 0 bridgehead atoms. The van der Waals surface area contributed by atoms with Gasteiger partial charge in [0.05, 0.1) is 22.3 Å². The standard InChI is InChI=1S/C27H16F7N5O2/c28-20-13-19(26(29,30)31)16(23-35-9-4-10-36-23)12-17(20)25(41)37-24-18-11-14(22(40)27(32,33)34)7-8-21(18)38-39(24)15-5-2-1-3-6-15/h1-13,22,40H,(H,37,41)/t22-/m0/s1. The lowest BCUT2D eigenvalue weighted by atomic mass is 10.0. The van der Waals surface area contributed by atoms with E-state index in [2.05, 4.69) is 20.4 Å². The lowest BCUT2D eigenvalue weighted by Gasteiger charge is -2.16. The molecule has 1 atom stereocenters. The summed E-state index contributed by atoms with van der Waals surface area (Å²) in [5.74, 6) is -3.38. The largest absolute Gasteiger partial charge is 0.418 e. The van der Waals surface area contributed by atoms with Crippen LogP contribution in [0.2, 0.25) is 0 Å².